The zero-order valence-electron chi connectivity index (χ0n) is 17.8. The van der Waals surface area contributed by atoms with Crippen LogP contribution in [0.15, 0.2) is 77.7 Å². The van der Waals surface area contributed by atoms with Crippen molar-refractivity contribution >= 4 is 21.6 Å². The van der Waals surface area contributed by atoms with Gasteiger partial charge in [-0.05, 0) is 67.3 Å². The third-order valence-electron chi connectivity index (χ3n) is 4.86. The van der Waals surface area contributed by atoms with Crippen molar-refractivity contribution in [3.63, 3.8) is 0 Å². The first-order valence-electron chi connectivity index (χ1n) is 9.87. The molecule has 0 radical (unpaired) electrons. The van der Waals surface area contributed by atoms with Gasteiger partial charge in [-0.2, -0.15) is 4.72 Å². The smallest absolute Gasteiger partial charge is 0.242 e. The number of ether oxygens (including phenoxy) is 1. The number of carbonyl (C=O) groups excluding carboxylic acids is 1. The summed E-state index contributed by atoms with van der Waals surface area (Å²) in [5, 5.41) is 2.82. The summed E-state index contributed by atoms with van der Waals surface area (Å²) < 4.78 is 33.9. The summed E-state index contributed by atoms with van der Waals surface area (Å²) in [5.74, 6) is 0.167. The third-order valence-corrected chi connectivity index (χ3v) is 6.33. The number of hydrogen-bond acceptors (Lipinski definition) is 4. The Morgan fingerprint density at radius 3 is 2.35 bits per heavy atom. The number of carbonyl (C=O) groups is 1. The minimum Gasteiger partial charge on any atom is -0.496 e. The molecule has 0 saturated carbocycles. The summed E-state index contributed by atoms with van der Waals surface area (Å²) in [6.07, 6.45) is 0.215. The highest BCUT2D eigenvalue weighted by molar-refractivity contribution is 7.89. The van der Waals surface area contributed by atoms with Gasteiger partial charge >= 0.3 is 0 Å². The van der Waals surface area contributed by atoms with E-state index in [2.05, 4.69) is 10.0 Å². The number of anilines is 1. The number of sulfonamides is 1. The molecule has 3 aromatic rings. The highest BCUT2D eigenvalue weighted by Crippen LogP contribution is 2.22. The highest BCUT2D eigenvalue weighted by atomic mass is 32.2. The fourth-order valence-electron chi connectivity index (χ4n) is 3.26. The van der Waals surface area contributed by atoms with Gasteiger partial charge in [-0.3, -0.25) is 4.79 Å². The molecule has 7 heteroatoms. The van der Waals surface area contributed by atoms with E-state index in [1.165, 1.54) is 19.2 Å². The van der Waals surface area contributed by atoms with Gasteiger partial charge in [0.1, 0.15) is 11.8 Å². The molecule has 0 unspecified atom stereocenters. The Hall–Kier alpha value is -3.16. The van der Waals surface area contributed by atoms with Crippen LogP contribution in [0.5, 0.6) is 5.75 Å². The minimum atomic E-state index is -3.94. The van der Waals surface area contributed by atoms with Crippen LogP contribution in [0, 0.1) is 13.8 Å². The molecular weight excluding hydrogens is 412 g/mol. The molecular formula is C24H26N2O4S. The second kappa shape index (κ2) is 9.76. The van der Waals surface area contributed by atoms with Crippen LogP contribution < -0.4 is 14.8 Å². The Bertz CT molecular complexity index is 1160. The second-order valence-corrected chi connectivity index (χ2v) is 9.07. The van der Waals surface area contributed by atoms with Gasteiger partial charge in [0.15, 0.2) is 0 Å². The topological polar surface area (TPSA) is 84.5 Å². The van der Waals surface area contributed by atoms with Gasteiger partial charge in [0.05, 0.1) is 12.0 Å². The van der Waals surface area contributed by atoms with Crippen molar-refractivity contribution in [3.05, 3.63) is 89.5 Å². The molecule has 3 aromatic carbocycles. The summed E-state index contributed by atoms with van der Waals surface area (Å²) in [5.41, 5.74) is 3.14. The molecule has 0 aromatic heterocycles. The molecule has 31 heavy (non-hydrogen) atoms. The summed E-state index contributed by atoms with van der Waals surface area (Å²) in [4.78, 5) is 13.1. The molecule has 0 spiro atoms. The van der Waals surface area contributed by atoms with Crippen molar-refractivity contribution in [1.29, 1.82) is 0 Å². The van der Waals surface area contributed by atoms with Gasteiger partial charge in [-0.1, -0.05) is 42.5 Å². The minimum absolute atomic E-state index is 0.0761. The molecule has 6 nitrogen and oxygen atoms in total. The van der Waals surface area contributed by atoms with E-state index in [9.17, 15) is 13.2 Å². The summed E-state index contributed by atoms with van der Waals surface area (Å²) in [6, 6.07) is 20.3. The van der Waals surface area contributed by atoms with E-state index < -0.39 is 22.0 Å². The number of methoxy groups -OCH3 is 1. The molecule has 1 amide bonds. The van der Waals surface area contributed by atoms with E-state index in [0.29, 0.717) is 17.0 Å². The van der Waals surface area contributed by atoms with Crippen molar-refractivity contribution in [2.24, 2.45) is 0 Å². The van der Waals surface area contributed by atoms with Crippen LogP contribution in [0.25, 0.3) is 0 Å². The molecule has 0 bridgehead atoms. The molecule has 2 N–H and O–H groups in total. The average Bonchev–Trinajstić information content (AvgIpc) is 2.74. The van der Waals surface area contributed by atoms with Crippen LogP contribution in [-0.2, 0) is 21.2 Å². The van der Waals surface area contributed by atoms with Gasteiger partial charge in [0.2, 0.25) is 15.9 Å². The number of benzene rings is 3. The van der Waals surface area contributed by atoms with E-state index in [-0.39, 0.29) is 11.3 Å². The number of amides is 1. The highest BCUT2D eigenvalue weighted by Gasteiger charge is 2.26. The lowest BCUT2D eigenvalue weighted by atomic mass is 10.1. The van der Waals surface area contributed by atoms with Crippen LogP contribution >= 0.6 is 0 Å². The molecule has 0 saturated heterocycles. The lowest BCUT2D eigenvalue weighted by Crippen LogP contribution is -2.45. The average molecular weight is 439 g/mol. The summed E-state index contributed by atoms with van der Waals surface area (Å²) in [7, 11) is -2.41. The van der Waals surface area contributed by atoms with Gasteiger partial charge in [0, 0.05) is 5.69 Å². The SMILES string of the molecule is COc1ccc(S(=O)(=O)N[C@@H](Cc2ccccc2)C(=O)Nc2cccc(C)c2)cc1C. The lowest BCUT2D eigenvalue weighted by Gasteiger charge is -2.19. The van der Waals surface area contributed by atoms with Crippen molar-refractivity contribution in [2.75, 3.05) is 12.4 Å². The first-order chi connectivity index (χ1) is 14.8. The predicted octanol–water partition coefficient (Wildman–Crippen LogP) is 3.84. The number of nitrogens with one attached hydrogen (secondary N) is 2. The van der Waals surface area contributed by atoms with Crippen molar-refractivity contribution in [2.45, 2.75) is 31.2 Å². The Labute approximate surface area is 183 Å². The van der Waals surface area contributed by atoms with Crippen LogP contribution in [0.2, 0.25) is 0 Å². The van der Waals surface area contributed by atoms with E-state index in [1.54, 1.807) is 19.1 Å². The Balaban J connectivity index is 1.88. The van der Waals surface area contributed by atoms with Gasteiger partial charge in [0.25, 0.3) is 0 Å². The molecule has 0 aliphatic rings. The molecule has 1 atom stereocenters. The fraction of sp³-hybridized carbons (Fsp3) is 0.208. The van der Waals surface area contributed by atoms with Crippen LogP contribution in [-0.4, -0.2) is 27.5 Å². The summed E-state index contributed by atoms with van der Waals surface area (Å²) >= 11 is 0. The maximum absolute atomic E-state index is 13.1. The van der Waals surface area contributed by atoms with Crippen molar-refractivity contribution in [3.8, 4) is 5.75 Å². The quantitative estimate of drug-likeness (QED) is 0.560. The van der Waals surface area contributed by atoms with Crippen molar-refractivity contribution < 1.29 is 17.9 Å². The monoisotopic (exact) mass is 438 g/mol. The number of aryl methyl sites for hydroxylation is 2. The van der Waals surface area contributed by atoms with Crippen LogP contribution in [0.4, 0.5) is 5.69 Å². The maximum atomic E-state index is 13.1. The third kappa shape index (κ3) is 5.93. The first kappa shape index (κ1) is 22.5. The maximum Gasteiger partial charge on any atom is 0.242 e. The Kier molecular flexibility index (Phi) is 7.09. The predicted molar refractivity (Wildman–Crippen MR) is 122 cm³/mol. The standard InChI is InChI=1S/C24H26N2O4S/c1-17-8-7-11-20(14-17)25-24(27)22(16-19-9-5-4-6-10-19)26-31(28,29)21-12-13-23(30-3)18(2)15-21/h4-15,22,26H,16H2,1-3H3,(H,25,27)/t22-/m0/s1. The fourth-order valence-corrected chi connectivity index (χ4v) is 4.54. The van der Waals surface area contributed by atoms with E-state index in [4.69, 9.17) is 4.74 Å². The molecule has 0 aliphatic heterocycles. The first-order valence-corrected chi connectivity index (χ1v) is 11.4. The van der Waals surface area contributed by atoms with Crippen LogP contribution in [0.3, 0.4) is 0 Å². The Morgan fingerprint density at radius 2 is 1.71 bits per heavy atom. The normalized spacial score (nSPS) is 12.2. The largest absolute Gasteiger partial charge is 0.496 e. The van der Waals surface area contributed by atoms with Crippen LogP contribution in [0.1, 0.15) is 16.7 Å². The van der Waals surface area contributed by atoms with E-state index in [0.717, 1.165) is 11.1 Å². The number of rotatable bonds is 8. The molecule has 0 fully saturated rings. The second-order valence-electron chi connectivity index (χ2n) is 7.35. The molecule has 162 valence electrons. The lowest BCUT2D eigenvalue weighted by molar-refractivity contribution is -0.117. The molecule has 0 aliphatic carbocycles. The Morgan fingerprint density at radius 1 is 0.968 bits per heavy atom. The molecule has 3 rings (SSSR count). The van der Waals surface area contributed by atoms with Gasteiger partial charge in [-0.15, -0.1) is 0 Å². The number of hydrogen-bond donors (Lipinski definition) is 2. The zero-order valence-corrected chi connectivity index (χ0v) is 18.6. The van der Waals surface area contributed by atoms with Gasteiger partial charge < -0.3 is 10.1 Å². The summed E-state index contributed by atoms with van der Waals surface area (Å²) in [6.45, 7) is 3.69. The zero-order chi connectivity index (χ0) is 22.4. The van der Waals surface area contributed by atoms with Crippen molar-refractivity contribution in [1.82, 2.24) is 4.72 Å². The van der Waals surface area contributed by atoms with E-state index >= 15 is 0 Å². The van der Waals surface area contributed by atoms with E-state index in [1.807, 2.05) is 55.5 Å². The van der Waals surface area contributed by atoms with Gasteiger partial charge in [-0.25, -0.2) is 8.42 Å². The molecule has 0 heterocycles.